The van der Waals surface area contributed by atoms with Gasteiger partial charge in [-0.05, 0) is 24.4 Å². The van der Waals surface area contributed by atoms with E-state index in [0.29, 0.717) is 102 Å². The monoisotopic (exact) mass is 406 g/mol. The van der Waals surface area contributed by atoms with E-state index in [1.165, 1.54) is 0 Å². The van der Waals surface area contributed by atoms with E-state index in [0.717, 1.165) is 0 Å². The molecule has 2 fully saturated rings. The summed E-state index contributed by atoms with van der Waals surface area (Å²) in [5, 5.41) is 7.96. The lowest BCUT2D eigenvalue weighted by Gasteiger charge is -2.28. The van der Waals surface area contributed by atoms with E-state index in [2.05, 4.69) is 20.4 Å². The molecular formula is C16H30N4O4S2. The SMILES string of the molecule is S=C1NCCNC(=S)N2CCOCCOCCN1CCOCCOCC2. The number of hydrogen-bond donors (Lipinski definition) is 2. The number of thiocarbonyl (C=S) groups is 2. The minimum Gasteiger partial charge on any atom is -0.377 e. The Kier molecular flexibility index (Phi) is 11.1. The Morgan fingerprint density at radius 1 is 0.538 bits per heavy atom. The smallest absolute Gasteiger partial charge is 0.169 e. The molecule has 2 bridgehead atoms. The molecule has 0 spiro atoms. The van der Waals surface area contributed by atoms with Crippen LogP contribution in [0.3, 0.4) is 0 Å². The molecule has 10 heteroatoms. The first-order chi connectivity index (χ1) is 12.8. The van der Waals surface area contributed by atoms with Crippen molar-refractivity contribution in [3.63, 3.8) is 0 Å². The van der Waals surface area contributed by atoms with Crippen LogP contribution in [0.1, 0.15) is 0 Å². The van der Waals surface area contributed by atoms with Crippen molar-refractivity contribution in [2.45, 2.75) is 0 Å². The van der Waals surface area contributed by atoms with Crippen LogP contribution in [-0.4, -0.2) is 112 Å². The Morgan fingerprint density at radius 2 is 0.846 bits per heavy atom. The van der Waals surface area contributed by atoms with Crippen molar-refractivity contribution < 1.29 is 18.9 Å². The molecule has 0 amide bonds. The van der Waals surface area contributed by atoms with Crippen LogP contribution in [0.5, 0.6) is 0 Å². The summed E-state index contributed by atoms with van der Waals surface area (Å²) in [7, 11) is 0. The second-order valence-electron chi connectivity index (χ2n) is 5.89. The van der Waals surface area contributed by atoms with Gasteiger partial charge in [0.25, 0.3) is 0 Å². The first kappa shape index (κ1) is 21.5. The molecule has 8 nitrogen and oxygen atoms in total. The lowest BCUT2D eigenvalue weighted by atomic mass is 10.5. The molecule has 0 unspecified atom stereocenters. The molecule has 0 saturated carbocycles. The zero-order valence-electron chi connectivity index (χ0n) is 15.2. The van der Waals surface area contributed by atoms with Crippen molar-refractivity contribution in [2.24, 2.45) is 0 Å². The van der Waals surface area contributed by atoms with Crippen LogP contribution < -0.4 is 10.6 Å². The summed E-state index contributed by atoms with van der Waals surface area (Å²) in [5.74, 6) is 0. The summed E-state index contributed by atoms with van der Waals surface area (Å²) in [4.78, 5) is 4.14. The predicted molar refractivity (Wildman–Crippen MR) is 108 cm³/mol. The molecule has 2 aliphatic rings. The van der Waals surface area contributed by atoms with Crippen LogP contribution in [0, 0.1) is 0 Å². The third-order valence-corrected chi connectivity index (χ3v) is 4.82. The van der Waals surface area contributed by atoms with Crippen molar-refractivity contribution in [2.75, 3.05) is 92.1 Å². The largest absolute Gasteiger partial charge is 0.377 e. The highest BCUT2D eigenvalue weighted by Crippen LogP contribution is 1.96. The van der Waals surface area contributed by atoms with Crippen molar-refractivity contribution in [3.05, 3.63) is 0 Å². The van der Waals surface area contributed by atoms with E-state index >= 15 is 0 Å². The van der Waals surface area contributed by atoms with E-state index in [1.807, 2.05) is 0 Å². The molecule has 2 rings (SSSR count). The van der Waals surface area contributed by atoms with Crippen LogP contribution in [-0.2, 0) is 18.9 Å². The van der Waals surface area contributed by atoms with Crippen LogP contribution in [0.25, 0.3) is 0 Å². The summed E-state index contributed by atoms with van der Waals surface area (Å²) in [6.45, 7) is 8.90. The molecule has 0 aromatic carbocycles. The quantitative estimate of drug-likeness (QED) is 0.512. The van der Waals surface area contributed by atoms with E-state index < -0.39 is 0 Å². The van der Waals surface area contributed by atoms with E-state index in [1.54, 1.807) is 0 Å². The molecule has 0 atom stereocenters. The molecule has 26 heavy (non-hydrogen) atoms. The maximum Gasteiger partial charge on any atom is 0.169 e. The Bertz CT molecular complexity index is 373. The highest BCUT2D eigenvalue weighted by molar-refractivity contribution is 7.80. The van der Waals surface area contributed by atoms with Gasteiger partial charge in [0.05, 0.1) is 52.9 Å². The maximum atomic E-state index is 5.66. The van der Waals surface area contributed by atoms with Crippen molar-refractivity contribution in [1.82, 2.24) is 20.4 Å². The van der Waals surface area contributed by atoms with Crippen molar-refractivity contribution >= 4 is 34.7 Å². The van der Waals surface area contributed by atoms with Gasteiger partial charge in [-0.25, -0.2) is 0 Å². The Labute approximate surface area is 166 Å². The van der Waals surface area contributed by atoms with Crippen molar-refractivity contribution in [3.8, 4) is 0 Å². The number of ether oxygens (including phenoxy) is 4. The average molecular weight is 407 g/mol. The summed E-state index contributed by atoms with van der Waals surface area (Å²) < 4.78 is 22.6. The number of nitrogens with one attached hydrogen (secondary N) is 2. The zero-order valence-corrected chi connectivity index (χ0v) is 16.9. The Morgan fingerprint density at radius 3 is 1.15 bits per heavy atom. The van der Waals surface area contributed by atoms with Crippen LogP contribution in [0.2, 0.25) is 0 Å². The van der Waals surface area contributed by atoms with Gasteiger partial charge in [-0.15, -0.1) is 0 Å². The molecule has 0 aliphatic carbocycles. The summed E-state index contributed by atoms with van der Waals surface area (Å²) in [6.07, 6.45) is 0. The van der Waals surface area contributed by atoms with Gasteiger partial charge in [0.15, 0.2) is 10.2 Å². The average Bonchev–Trinajstić information content (AvgIpc) is 2.63. The van der Waals surface area contributed by atoms with E-state index in [9.17, 15) is 0 Å². The normalized spacial score (nSPS) is 23.5. The zero-order chi connectivity index (χ0) is 18.5. The highest BCUT2D eigenvalue weighted by atomic mass is 32.1. The second-order valence-corrected chi connectivity index (χ2v) is 6.66. The molecule has 150 valence electrons. The summed E-state index contributed by atoms with van der Waals surface area (Å²) >= 11 is 11.0. The maximum absolute atomic E-state index is 5.66. The number of fused-ring (bicyclic) bond motifs is 7. The summed E-state index contributed by atoms with van der Waals surface area (Å²) in [6, 6.07) is 0. The van der Waals surface area contributed by atoms with Gasteiger partial charge in [-0.2, -0.15) is 0 Å². The minimum atomic E-state index is 0.566. The predicted octanol–water partition coefficient (Wildman–Crippen LogP) is -0.567. The molecular weight excluding hydrogens is 376 g/mol. The number of rotatable bonds is 0. The van der Waals surface area contributed by atoms with Gasteiger partial charge in [-0.3, -0.25) is 0 Å². The molecule has 0 radical (unpaired) electrons. The first-order valence-corrected chi connectivity index (χ1v) is 9.95. The molecule has 2 aliphatic heterocycles. The van der Waals surface area contributed by atoms with Gasteiger partial charge in [-0.1, -0.05) is 0 Å². The fourth-order valence-electron chi connectivity index (χ4n) is 2.54. The molecule has 2 saturated heterocycles. The van der Waals surface area contributed by atoms with Crippen LogP contribution >= 0.6 is 24.4 Å². The molecule has 0 aromatic rings. The Hall–Kier alpha value is -0.780. The standard InChI is InChI=1S/C16H30N4O4S2/c25-15-17-1-2-18-16(26)20-5-9-23-13-11-21-7-3-19(15)4-8-22-12-14-24-10-6-20/h1-14H2,(H,17,25)(H,18,26). The molecule has 2 heterocycles. The fraction of sp³-hybridized carbons (Fsp3) is 0.875. The molecule has 0 aromatic heterocycles. The first-order valence-electron chi connectivity index (χ1n) is 9.14. The third kappa shape index (κ3) is 8.74. The van der Waals surface area contributed by atoms with Gasteiger partial charge >= 0.3 is 0 Å². The fourth-order valence-corrected chi connectivity index (χ4v) is 3.10. The lowest BCUT2D eigenvalue weighted by Crippen LogP contribution is -2.48. The Balaban J connectivity index is 2.01. The lowest BCUT2D eigenvalue weighted by molar-refractivity contribution is 0.0213. The molecule has 2 N–H and O–H groups in total. The van der Waals surface area contributed by atoms with Crippen molar-refractivity contribution in [1.29, 1.82) is 0 Å². The van der Waals surface area contributed by atoms with Crippen LogP contribution in [0.15, 0.2) is 0 Å². The van der Waals surface area contributed by atoms with Gasteiger partial charge in [0.2, 0.25) is 0 Å². The van der Waals surface area contributed by atoms with Gasteiger partial charge in [0, 0.05) is 39.3 Å². The second kappa shape index (κ2) is 13.4. The van der Waals surface area contributed by atoms with Crippen LogP contribution in [0.4, 0.5) is 0 Å². The number of nitrogens with zero attached hydrogens (tertiary/aromatic N) is 2. The van der Waals surface area contributed by atoms with Gasteiger partial charge in [0.1, 0.15) is 0 Å². The van der Waals surface area contributed by atoms with E-state index in [-0.39, 0.29) is 0 Å². The number of hydrogen-bond acceptors (Lipinski definition) is 6. The highest BCUT2D eigenvalue weighted by Gasteiger charge is 2.12. The summed E-state index contributed by atoms with van der Waals surface area (Å²) in [5.41, 5.74) is 0. The minimum absolute atomic E-state index is 0.566. The third-order valence-electron chi connectivity index (χ3n) is 4.02. The topological polar surface area (TPSA) is 67.5 Å². The van der Waals surface area contributed by atoms with E-state index in [4.69, 9.17) is 43.4 Å². The van der Waals surface area contributed by atoms with Gasteiger partial charge < -0.3 is 39.4 Å².